The Morgan fingerprint density at radius 3 is 2.60 bits per heavy atom. The van der Waals surface area contributed by atoms with Crippen molar-refractivity contribution in [3.8, 4) is 22.9 Å². The lowest BCUT2D eigenvalue weighted by molar-refractivity contribution is 0.0843. The molecule has 43 heavy (non-hydrogen) atoms. The zero-order valence-electron chi connectivity index (χ0n) is 24.4. The fraction of sp³-hybridized carbons (Fsp3) is 0.294. The topological polar surface area (TPSA) is 82.6 Å². The molecule has 0 saturated carbocycles. The molecule has 2 N–H and O–H groups in total. The third kappa shape index (κ3) is 6.03. The van der Waals surface area contributed by atoms with Crippen LogP contribution in [-0.4, -0.2) is 45.7 Å². The summed E-state index contributed by atoms with van der Waals surface area (Å²) in [4.78, 5) is 16.0. The summed E-state index contributed by atoms with van der Waals surface area (Å²) in [5.74, 6) is 1.33. The van der Waals surface area contributed by atoms with Crippen LogP contribution in [0.1, 0.15) is 53.7 Å². The predicted molar refractivity (Wildman–Crippen MR) is 167 cm³/mol. The van der Waals surface area contributed by atoms with Crippen LogP contribution in [0.15, 0.2) is 66.4 Å². The maximum absolute atomic E-state index is 13.6. The number of carbonyl (C=O) groups excluding carboxylic acids is 1. The number of ether oxygens (including phenoxy) is 2. The predicted octanol–water partition coefficient (Wildman–Crippen LogP) is 7.42. The smallest absolute Gasteiger partial charge is 0.194 e. The van der Waals surface area contributed by atoms with Crippen molar-refractivity contribution >= 4 is 29.3 Å². The van der Waals surface area contributed by atoms with E-state index in [0.717, 1.165) is 42.6 Å². The van der Waals surface area contributed by atoms with Gasteiger partial charge in [-0.15, -0.1) is 0 Å². The lowest BCUT2D eigenvalue weighted by Gasteiger charge is -2.34. The van der Waals surface area contributed by atoms with E-state index in [1.54, 1.807) is 24.3 Å². The van der Waals surface area contributed by atoms with Crippen LogP contribution in [-0.2, 0) is 6.42 Å². The molecule has 2 heterocycles. The molecule has 1 saturated heterocycles. The molecule has 1 aromatic heterocycles. The number of aryl methyl sites for hydroxylation is 1. The monoisotopic (exact) mass is 600 g/mol. The van der Waals surface area contributed by atoms with E-state index in [4.69, 9.17) is 26.8 Å². The summed E-state index contributed by atoms with van der Waals surface area (Å²) in [6.45, 7) is 8.32. The Labute approximate surface area is 255 Å². The number of hydrogen-bond acceptors (Lipinski definition) is 6. The minimum absolute atomic E-state index is 0.119. The van der Waals surface area contributed by atoms with E-state index < -0.39 is 0 Å². The van der Waals surface area contributed by atoms with Crippen LogP contribution in [0.2, 0.25) is 5.02 Å². The number of nitrogens with two attached hydrogens (primary N) is 1. The molecule has 1 aliphatic heterocycles. The molecule has 2 aliphatic rings. The Bertz CT molecular complexity index is 1720. The summed E-state index contributed by atoms with van der Waals surface area (Å²) in [7, 11) is 0. The summed E-state index contributed by atoms with van der Waals surface area (Å²) < 4.78 is 27.2. The van der Waals surface area contributed by atoms with E-state index in [2.05, 4.69) is 23.8 Å². The molecule has 0 radical (unpaired) electrons. The summed E-state index contributed by atoms with van der Waals surface area (Å²) in [6.07, 6.45) is 5.87. The molecule has 0 atom stereocenters. The number of Topliss-reactive ketones (excluding diaryl/α,β-unsaturated/α-hetero) is 1. The lowest BCUT2D eigenvalue weighted by atomic mass is 10.0. The van der Waals surface area contributed by atoms with Crippen LogP contribution in [0.25, 0.3) is 11.8 Å². The SMILES string of the molecule is Cc1cc(-n2ncc(C(=O)C3=Cc4cc(OC5CCN(C(C)C)CC5)c(Cl)cc4C3)c2N)ccc1Oc1cccc(F)c1. The second-order valence-electron chi connectivity index (χ2n) is 11.5. The average molecular weight is 601 g/mol. The maximum atomic E-state index is 13.6. The van der Waals surface area contributed by atoms with Gasteiger partial charge in [-0.2, -0.15) is 5.10 Å². The van der Waals surface area contributed by atoms with Crippen molar-refractivity contribution in [2.45, 2.75) is 52.2 Å². The van der Waals surface area contributed by atoms with Crippen molar-refractivity contribution in [2.75, 3.05) is 18.8 Å². The lowest BCUT2D eigenvalue weighted by Crippen LogP contribution is -2.41. The number of nitrogen functional groups attached to an aromatic ring is 1. The van der Waals surface area contributed by atoms with E-state index in [0.29, 0.717) is 51.6 Å². The molecule has 0 unspecified atom stereocenters. The third-order valence-electron chi connectivity index (χ3n) is 8.17. The molecule has 4 aromatic rings. The number of halogens is 2. The number of fused-ring (bicyclic) bond motifs is 1. The zero-order chi connectivity index (χ0) is 30.2. The summed E-state index contributed by atoms with van der Waals surface area (Å²) in [5, 5.41) is 4.97. The first-order valence-electron chi connectivity index (χ1n) is 14.5. The van der Waals surface area contributed by atoms with Crippen molar-refractivity contribution in [3.05, 3.63) is 99.5 Å². The number of aromatic nitrogens is 2. The molecule has 0 amide bonds. The van der Waals surface area contributed by atoms with Gasteiger partial charge >= 0.3 is 0 Å². The number of allylic oxidation sites excluding steroid dienone is 1. The van der Waals surface area contributed by atoms with E-state index >= 15 is 0 Å². The number of rotatable bonds is 8. The van der Waals surface area contributed by atoms with Gasteiger partial charge in [0.25, 0.3) is 0 Å². The van der Waals surface area contributed by atoms with Crippen molar-refractivity contribution in [2.24, 2.45) is 0 Å². The molecule has 0 spiro atoms. The van der Waals surface area contributed by atoms with Crippen molar-refractivity contribution in [3.63, 3.8) is 0 Å². The Balaban J connectivity index is 1.16. The molecular weight excluding hydrogens is 567 g/mol. The van der Waals surface area contributed by atoms with Gasteiger partial charge in [0.1, 0.15) is 35.0 Å². The first-order chi connectivity index (χ1) is 20.7. The van der Waals surface area contributed by atoms with Crippen LogP contribution < -0.4 is 15.2 Å². The highest BCUT2D eigenvalue weighted by Gasteiger charge is 2.27. The Kier molecular flexibility index (Phi) is 7.99. The van der Waals surface area contributed by atoms with Gasteiger partial charge in [-0.05, 0) is 98.8 Å². The number of benzene rings is 3. The fourth-order valence-electron chi connectivity index (χ4n) is 5.72. The molecule has 1 aliphatic carbocycles. The average Bonchev–Trinajstić information content (AvgIpc) is 3.57. The standard InChI is InChI=1S/C34H34ClFN4O3/c1-20(2)39-11-9-27(10-12-39)42-32-17-23-15-24(14-22(23)16-30(32)35)33(41)29-19-38-40(34(29)37)26-7-8-31(21(3)13-26)43-28-6-4-5-25(36)18-28/h4-8,13,15-20,27H,9-12,14,37H2,1-3H3. The highest BCUT2D eigenvalue weighted by molar-refractivity contribution is 6.32. The number of nitrogens with zero attached hydrogens (tertiary/aromatic N) is 3. The Morgan fingerprint density at radius 2 is 1.88 bits per heavy atom. The second kappa shape index (κ2) is 11.9. The first kappa shape index (κ1) is 29.0. The molecular formula is C34H34ClFN4O3. The zero-order valence-corrected chi connectivity index (χ0v) is 25.2. The van der Waals surface area contributed by atoms with Crippen LogP contribution in [0, 0.1) is 12.7 Å². The van der Waals surface area contributed by atoms with Gasteiger partial charge in [-0.25, -0.2) is 9.07 Å². The van der Waals surface area contributed by atoms with Crippen molar-refractivity contribution in [1.29, 1.82) is 0 Å². The van der Waals surface area contributed by atoms with Crippen molar-refractivity contribution in [1.82, 2.24) is 14.7 Å². The van der Waals surface area contributed by atoms with Crippen LogP contribution >= 0.6 is 11.6 Å². The molecule has 6 rings (SSSR count). The molecule has 9 heteroatoms. The van der Waals surface area contributed by atoms with Crippen LogP contribution in [0.4, 0.5) is 10.2 Å². The molecule has 222 valence electrons. The van der Waals surface area contributed by atoms with E-state index in [1.807, 2.05) is 31.2 Å². The highest BCUT2D eigenvalue weighted by Crippen LogP contribution is 2.37. The minimum atomic E-state index is -0.372. The number of piperidine rings is 1. The number of carbonyl (C=O) groups is 1. The van der Waals surface area contributed by atoms with Gasteiger partial charge in [0.15, 0.2) is 5.78 Å². The minimum Gasteiger partial charge on any atom is -0.489 e. The van der Waals surface area contributed by atoms with Gasteiger partial charge in [-0.1, -0.05) is 17.7 Å². The highest BCUT2D eigenvalue weighted by atomic mass is 35.5. The second-order valence-corrected chi connectivity index (χ2v) is 11.9. The Hall–Kier alpha value is -4.14. The number of likely N-dealkylation sites (tertiary alicyclic amines) is 1. The fourth-order valence-corrected chi connectivity index (χ4v) is 5.95. The number of ketones is 1. The van der Waals surface area contributed by atoms with Crippen molar-refractivity contribution < 1.29 is 18.7 Å². The summed E-state index contributed by atoms with van der Waals surface area (Å²) in [5.41, 5.74) is 10.8. The molecule has 3 aromatic carbocycles. The van der Waals surface area contributed by atoms with Gasteiger partial charge in [0.05, 0.1) is 22.5 Å². The third-order valence-corrected chi connectivity index (χ3v) is 8.47. The van der Waals surface area contributed by atoms with Crippen LogP contribution in [0.5, 0.6) is 17.2 Å². The summed E-state index contributed by atoms with van der Waals surface area (Å²) >= 11 is 6.62. The largest absolute Gasteiger partial charge is 0.489 e. The number of anilines is 1. The molecule has 1 fully saturated rings. The first-order valence-corrected chi connectivity index (χ1v) is 14.9. The van der Waals surface area contributed by atoms with E-state index in [1.165, 1.54) is 23.0 Å². The van der Waals surface area contributed by atoms with E-state index in [9.17, 15) is 9.18 Å². The van der Waals surface area contributed by atoms with Gasteiger partial charge in [0, 0.05) is 37.2 Å². The van der Waals surface area contributed by atoms with Crippen LogP contribution in [0.3, 0.4) is 0 Å². The summed E-state index contributed by atoms with van der Waals surface area (Å²) in [6, 6.07) is 15.8. The maximum Gasteiger partial charge on any atom is 0.194 e. The quantitative estimate of drug-likeness (QED) is 0.212. The Morgan fingerprint density at radius 1 is 1.09 bits per heavy atom. The molecule has 0 bridgehead atoms. The van der Waals surface area contributed by atoms with E-state index in [-0.39, 0.29) is 23.5 Å². The van der Waals surface area contributed by atoms with Gasteiger partial charge in [0.2, 0.25) is 0 Å². The van der Waals surface area contributed by atoms with Gasteiger partial charge < -0.3 is 20.1 Å². The number of hydrogen-bond donors (Lipinski definition) is 1. The normalized spacial score (nSPS) is 15.4. The van der Waals surface area contributed by atoms with Gasteiger partial charge in [-0.3, -0.25) is 4.79 Å². The molecule has 7 nitrogen and oxygen atoms in total.